The standard InChI is InChI=1S/C15H17NO4S/c1-4-9(2)16-14(18)12(21-15(16)19)8-10-6-5-7-11(20-3)13(10)17/h5-9,17H,4H2,1-3H3/b12-8+. The first kappa shape index (κ1) is 15.4. The lowest BCUT2D eigenvalue weighted by Gasteiger charge is -2.19. The van der Waals surface area contributed by atoms with Gasteiger partial charge in [0, 0.05) is 11.6 Å². The van der Waals surface area contributed by atoms with Crippen LogP contribution in [-0.4, -0.2) is 34.3 Å². The predicted molar refractivity (Wildman–Crippen MR) is 82.2 cm³/mol. The molecular formula is C15H17NO4S. The minimum atomic E-state index is -0.318. The highest BCUT2D eigenvalue weighted by atomic mass is 32.2. The van der Waals surface area contributed by atoms with Crippen LogP contribution < -0.4 is 4.74 Å². The second kappa shape index (κ2) is 6.22. The fourth-order valence-electron chi connectivity index (χ4n) is 2.00. The van der Waals surface area contributed by atoms with E-state index >= 15 is 0 Å². The van der Waals surface area contributed by atoms with Gasteiger partial charge in [-0.2, -0.15) is 0 Å². The molecule has 2 amide bonds. The van der Waals surface area contributed by atoms with E-state index < -0.39 is 0 Å². The highest BCUT2D eigenvalue weighted by Gasteiger charge is 2.37. The van der Waals surface area contributed by atoms with E-state index in [0.29, 0.717) is 22.6 Å². The number of thioether (sulfide) groups is 1. The molecule has 5 nitrogen and oxygen atoms in total. The van der Waals surface area contributed by atoms with Crippen LogP contribution in [0.4, 0.5) is 4.79 Å². The molecule has 2 rings (SSSR count). The lowest BCUT2D eigenvalue weighted by atomic mass is 10.1. The number of carbonyl (C=O) groups is 2. The van der Waals surface area contributed by atoms with Crippen LogP contribution >= 0.6 is 11.8 Å². The average Bonchev–Trinajstić information content (AvgIpc) is 2.75. The summed E-state index contributed by atoms with van der Waals surface area (Å²) in [5.74, 6) is -0.0400. The van der Waals surface area contributed by atoms with E-state index in [1.807, 2.05) is 13.8 Å². The Morgan fingerprint density at radius 1 is 1.43 bits per heavy atom. The number of phenols is 1. The molecule has 1 aliphatic rings. The second-order valence-corrected chi connectivity index (χ2v) is 5.70. The van der Waals surface area contributed by atoms with Crippen molar-refractivity contribution in [1.82, 2.24) is 4.90 Å². The van der Waals surface area contributed by atoms with Crippen molar-refractivity contribution in [3.05, 3.63) is 28.7 Å². The van der Waals surface area contributed by atoms with Gasteiger partial charge in [-0.1, -0.05) is 19.1 Å². The normalized spacial score (nSPS) is 18.4. The van der Waals surface area contributed by atoms with E-state index in [2.05, 4.69) is 0 Å². The molecule has 1 aromatic rings. The van der Waals surface area contributed by atoms with E-state index in [-0.39, 0.29) is 22.9 Å². The minimum Gasteiger partial charge on any atom is -0.504 e. The molecular weight excluding hydrogens is 290 g/mol. The Bertz CT molecular complexity index is 612. The number of methoxy groups -OCH3 is 1. The Labute approximate surface area is 127 Å². The third-order valence-electron chi connectivity index (χ3n) is 3.39. The molecule has 1 heterocycles. The molecule has 0 spiro atoms. The summed E-state index contributed by atoms with van der Waals surface area (Å²) in [7, 11) is 1.45. The zero-order valence-corrected chi connectivity index (χ0v) is 12.9. The van der Waals surface area contributed by atoms with Gasteiger partial charge in [0.2, 0.25) is 0 Å². The molecule has 6 heteroatoms. The Morgan fingerprint density at radius 3 is 2.76 bits per heavy atom. The summed E-state index contributed by atoms with van der Waals surface area (Å²) < 4.78 is 5.03. The summed E-state index contributed by atoms with van der Waals surface area (Å²) in [6, 6.07) is 4.86. The van der Waals surface area contributed by atoms with Crippen molar-refractivity contribution in [2.45, 2.75) is 26.3 Å². The molecule has 0 radical (unpaired) electrons. The van der Waals surface area contributed by atoms with Crippen LogP contribution in [0.5, 0.6) is 11.5 Å². The number of benzene rings is 1. The summed E-state index contributed by atoms with van der Waals surface area (Å²) >= 11 is 0.889. The van der Waals surface area contributed by atoms with Crippen molar-refractivity contribution < 1.29 is 19.4 Å². The smallest absolute Gasteiger partial charge is 0.293 e. The summed E-state index contributed by atoms with van der Waals surface area (Å²) in [5, 5.41) is 9.76. The third-order valence-corrected chi connectivity index (χ3v) is 4.28. The van der Waals surface area contributed by atoms with Crippen LogP contribution in [0.15, 0.2) is 23.1 Å². The minimum absolute atomic E-state index is 0.0460. The molecule has 1 aliphatic heterocycles. The lowest BCUT2D eigenvalue weighted by Crippen LogP contribution is -2.36. The number of amides is 2. The quantitative estimate of drug-likeness (QED) is 0.865. The SMILES string of the molecule is CCC(C)N1C(=O)S/C(=C/c2cccc(OC)c2O)C1=O. The molecule has 0 bridgehead atoms. The molecule has 1 atom stereocenters. The van der Waals surface area contributed by atoms with Crippen molar-refractivity contribution in [2.24, 2.45) is 0 Å². The number of rotatable bonds is 4. The van der Waals surface area contributed by atoms with Gasteiger partial charge >= 0.3 is 0 Å². The fourth-order valence-corrected chi connectivity index (χ4v) is 2.93. The number of imide groups is 1. The fraction of sp³-hybridized carbons (Fsp3) is 0.333. The highest BCUT2D eigenvalue weighted by molar-refractivity contribution is 8.18. The van der Waals surface area contributed by atoms with E-state index in [1.54, 1.807) is 18.2 Å². The Morgan fingerprint density at radius 2 is 2.14 bits per heavy atom. The second-order valence-electron chi connectivity index (χ2n) is 4.71. The summed E-state index contributed by atoms with van der Waals surface area (Å²) in [4.78, 5) is 25.8. The van der Waals surface area contributed by atoms with Gasteiger partial charge in [-0.3, -0.25) is 14.5 Å². The van der Waals surface area contributed by atoms with Crippen molar-refractivity contribution in [1.29, 1.82) is 0 Å². The van der Waals surface area contributed by atoms with Gasteiger partial charge in [-0.05, 0) is 37.2 Å². The van der Waals surface area contributed by atoms with Crippen LogP contribution in [0.1, 0.15) is 25.8 Å². The van der Waals surface area contributed by atoms with Crippen LogP contribution in [0.2, 0.25) is 0 Å². The highest BCUT2D eigenvalue weighted by Crippen LogP contribution is 2.37. The zero-order valence-electron chi connectivity index (χ0n) is 12.1. The first-order chi connectivity index (χ1) is 9.99. The van der Waals surface area contributed by atoms with Crippen molar-refractivity contribution in [3.8, 4) is 11.5 Å². The van der Waals surface area contributed by atoms with Gasteiger partial charge in [0.15, 0.2) is 11.5 Å². The molecule has 112 valence electrons. The number of carbonyl (C=O) groups excluding carboxylic acids is 2. The third kappa shape index (κ3) is 2.90. The first-order valence-electron chi connectivity index (χ1n) is 6.62. The number of ether oxygens (including phenoxy) is 1. The van der Waals surface area contributed by atoms with E-state index in [0.717, 1.165) is 11.8 Å². The van der Waals surface area contributed by atoms with E-state index in [1.165, 1.54) is 18.1 Å². The number of phenolic OH excluding ortho intramolecular Hbond substituents is 1. The molecule has 0 aromatic heterocycles. The summed E-state index contributed by atoms with van der Waals surface area (Å²) in [6.07, 6.45) is 2.22. The zero-order chi connectivity index (χ0) is 15.6. The molecule has 1 aromatic carbocycles. The number of hydrogen-bond donors (Lipinski definition) is 1. The van der Waals surface area contributed by atoms with Gasteiger partial charge in [-0.15, -0.1) is 0 Å². The average molecular weight is 307 g/mol. The first-order valence-corrected chi connectivity index (χ1v) is 7.44. The monoisotopic (exact) mass is 307 g/mol. The van der Waals surface area contributed by atoms with Gasteiger partial charge in [-0.25, -0.2) is 0 Å². The van der Waals surface area contributed by atoms with Crippen LogP contribution in [-0.2, 0) is 4.79 Å². The molecule has 0 saturated carbocycles. The van der Waals surface area contributed by atoms with Crippen molar-refractivity contribution in [2.75, 3.05) is 7.11 Å². The Kier molecular flexibility index (Phi) is 4.57. The Hall–Kier alpha value is -1.95. The molecule has 1 saturated heterocycles. The van der Waals surface area contributed by atoms with Gasteiger partial charge in [0.05, 0.1) is 12.0 Å². The maximum Gasteiger partial charge on any atom is 0.293 e. The van der Waals surface area contributed by atoms with Gasteiger partial charge in [0.1, 0.15) is 0 Å². The lowest BCUT2D eigenvalue weighted by molar-refractivity contribution is -0.124. The Balaban J connectivity index is 2.35. The molecule has 21 heavy (non-hydrogen) atoms. The van der Waals surface area contributed by atoms with Gasteiger partial charge in [0.25, 0.3) is 11.1 Å². The van der Waals surface area contributed by atoms with Crippen LogP contribution in [0.3, 0.4) is 0 Å². The van der Waals surface area contributed by atoms with Crippen LogP contribution in [0, 0.1) is 0 Å². The molecule has 1 N–H and O–H groups in total. The number of hydrogen-bond acceptors (Lipinski definition) is 5. The van der Waals surface area contributed by atoms with E-state index in [9.17, 15) is 14.7 Å². The van der Waals surface area contributed by atoms with Gasteiger partial charge < -0.3 is 9.84 Å². The summed E-state index contributed by atoms with van der Waals surface area (Å²) in [5.41, 5.74) is 0.448. The van der Waals surface area contributed by atoms with Crippen molar-refractivity contribution >= 4 is 29.0 Å². The van der Waals surface area contributed by atoms with Crippen LogP contribution in [0.25, 0.3) is 6.08 Å². The topological polar surface area (TPSA) is 66.8 Å². The molecule has 1 fully saturated rings. The predicted octanol–water partition coefficient (Wildman–Crippen LogP) is 3.24. The summed E-state index contributed by atoms with van der Waals surface area (Å²) in [6.45, 7) is 3.76. The maximum absolute atomic E-state index is 12.3. The number of aromatic hydroxyl groups is 1. The maximum atomic E-state index is 12.3. The van der Waals surface area contributed by atoms with Crippen molar-refractivity contribution in [3.63, 3.8) is 0 Å². The number of nitrogens with zero attached hydrogens (tertiary/aromatic N) is 1. The van der Waals surface area contributed by atoms with E-state index in [4.69, 9.17) is 4.74 Å². The molecule has 1 unspecified atom stereocenters. The largest absolute Gasteiger partial charge is 0.504 e. The molecule has 0 aliphatic carbocycles. The number of para-hydroxylation sites is 1.